The predicted molar refractivity (Wildman–Crippen MR) is 147 cm³/mol. The van der Waals surface area contributed by atoms with Gasteiger partial charge in [0, 0.05) is 13.0 Å². The van der Waals surface area contributed by atoms with Crippen LogP contribution in [0.3, 0.4) is 0 Å². The molecule has 0 radical (unpaired) electrons. The Bertz CT molecular complexity index is 568. The summed E-state index contributed by atoms with van der Waals surface area (Å²) >= 11 is 0. The maximum Gasteiger partial charge on any atom is 0.329 e. The summed E-state index contributed by atoms with van der Waals surface area (Å²) in [5, 5.41) is 0. The smallest absolute Gasteiger partial charge is 0.329 e. The fourth-order valence-corrected chi connectivity index (χ4v) is 4.39. The molecule has 0 aromatic carbocycles. The molecule has 0 aromatic rings. The molecule has 212 valence electrons. The van der Waals surface area contributed by atoms with Gasteiger partial charge >= 0.3 is 11.9 Å². The molecule has 1 atom stereocenters. The quantitative estimate of drug-likeness (QED) is 0.114. The number of amides is 1. The van der Waals surface area contributed by atoms with Crippen molar-refractivity contribution in [1.29, 1.82) is 0 Å². The highest BCUT2D eigenvalue weighted by molar-refractivity contribution is 5.88. The van der Waals surface area contributed by atoms with Gasteiger partial charge in [-0.05, 0) is 47.3 Å². The fourth-order valence-electron chi connectivity index (χ4n) is 4.39. The van der Waals surface area contributed by atoms with Crippen LogP contribution in [0.25, 0.3) is 0 Å². The first-order valence-corrected chi connectivity index (χ1v) is 14.6. The highest BCUT2D eigenvalue weighted by atomic mass is 16.5. The Hall–Kier alpha value is -1.63. The lowest BCUT2D eigenvalue weighted by molar-refractivity contribution is -0.160. The van der Waals surface area contributed by atoms with Crippen molar-refractivity contribution in [2.24, 2.45) is 0 Å². The Morgan fingerprint density at radius 1 is 0.639 bits per heavy atom. The molecule has 7 heteroatoms. The minimum atomic E-state index is -0.930. The first kappa shape index (κ1) is 34.4. The van der Waals surface area contributed by atoms with Gasteiger partial charge in [0.25, 0.3) is 0 Å². The highest BCUT2D eigenvalue weighted by Crippen LogP contribution is 2.16. The second-order valence-corrected chi connectivity index (χ2v) is 10.0. The third-order valence-corrected chi connectivity index (χ3v) is 6.42. The Balaban J connectivity index is 4.56. The van der Waals surface area contributed by atoms with Crippen molar-refractivity contribution in [1.82, 2.24) is 9.80 Å². The summed E-state index contributed by atoms with van der Waals surface area (Å²) in [6, 6.07) is -0.930. The molecule has 0 heterocycles. The van der Waals surface area contributed by atoms with E-state index in [0.717, 1.165) is 32.2 Å². The van der Waals surface area contributed by atoms with E-state index in [4.69, 9.17) is 9.47 Å². The van der Waals surface area contributed by atoms with E-state index in [9.17, 15) is 14.4 Å². The van der Waals surface area contributed by atoms with Crippen LogP contribution >= 0.6 is 0 Å². The minimum Gasteiger partial charge on any atom is -0.466 e. The molecule has 0 aliphatic carbocycles. The van der Waals surface area contributed by atoms with Crippen molar-refractivity contribution in [3.8, 4) is 0 Å². The summed E-state index contributed by atoms with van der Waals surface area (Å²) in [5.41, 5.74) is 0. The van der Waals surface area contributed by atoms with Crippen LogP contribution in [0.15, 0.2) is 0 Å². The summed E-state index contributed by atoms with van der Waals surface area (Å²) in [6.45, 7) is 7.36. The van der Waals surface area contributed by atoms with E-state index >= 15 is 0 Å². The third-order valence-electron chi connectivity index (χ3n) is 6.42. The summed E-state index contributed by atoms with van der Waals surface area (Å²) in [7, 11) is 3.95. The molecule has 0 N–H and O–H groups in total. The fraction of sp³-hybridized carbons (Fsp3) is 0.897. The van der Waals surface area contributed by atoms with Gasteiger partial charge in [-0.2, -0.15) is 0 Å². The lowest BCUT2D eigenvalue weighted by Crippen LogP contribution is -2.48. The van der Waals surface area contributed by atoms with Crippen molar-refractivity contribution >= 4 is 17.8 Å². The van der Waals surface area contributed by atoms with E-state index < -0.39 is 18.0 Å². The zero-order valence-corrected chi connectivity index (χ0v) is 24.2. The summed E-state index contributed by atoms with van der Waals surface area (Å²) in [6.07, 6.45) is 17.2. The number of carbonyl (C=O) groups is 3. The van der Waals surface area contributed by atoms with Gasteiger partial charge in [0.05, 0.1) is 19.6 Å². The zero-order chi connectivity index (χ0) is 27.0. The molecule has 0 aromatic heterocycles. The van der Waals surface area contributed by atoms with Crippen LogP contribution in [0.1, 0.15) is 124 Å². The van der Waals surface area contributed by atoms with E-state index in [2.05, 4.69) is 6.92 Å². The van der Waals surface area contributed by atoms with Crippen LogP contribution in [0, 0.1) is 0 Å². The van der Waals surface area contributed by atoms with Crippen LogP contribution < -0.4 is 0 Å². The number of ether oxygens (including phenoxy) is 2. The van der Waals surface area contributed by atoms with Crippen LogP contribution in [-0.4, -0.2) is 74.1 Å². The lowest BCUT2D eigenvalue weighted by Gasteiger charge is -2.30. The van der Waals surface area contributed by atoms with Crippen LogP contribution in [-0.2, 0) is 23.9 Å². The lowest BCUT2D eigenvalue weighted by atomic mass is 10.0. The Kier molecular flexibility index (Phi) is 22.7. The molecule has 0 unspecified atom stereocenters. The Morgan fingerprint density at radius 3 is 1.61 bits per heavy atom. The SMILES string of the molecule is CCCCCCCCCCCCCCCC(=O)N(CCCN(C)C)[C@@H](CC(=O)OCC)C(=O)OCC. The van der Waals surface area contributed by atoms with Crippen molar-refractivity contribution in [3.63, 3.8) is 0 Å². The van der Waals surface area contributed by atoms with E-state index in [1.165, 1.54) is 64.2 Å². The van der Waals surface area contributed by atoms with Crippen molar-refractivity contribution in [3.05, 3.63) is 0 Å². The number of rotatable bonds is 24. The number of carbonyl (C=O) groups excluding carboxylic acids is 3. The molecule has 0 saturated carbocycles. The van der Waals surface area contributed by atoms with E-state index in [1.807, 2.05) is 19.0 Å². The van der Waals surface area contributed by atoms with E-state index in [1.54, 1.807) is 18.7 Å². The summed E-state index contributed by atoms with van der Waals surface area (Å²) < 4.78 is 10.3. The first-order valence-electron chi connectivity index (χ1n) is 14.6. The van der Waals surface area contributed by atoms with Gasteiger partial charge in [-0.3, -0.25) is 9.59 Å². The Morgan fingerprint density at radius 2 is 1.14 bits per heavy atom. The number of esters is 2. The van der Waals surface area contributed by atoms with Crippen molar-refractivity contribution in [2.75, 3.05) is 40.4 Å². The van der Waals surface area contributed by atoms with Gasteiger partial charge in [-0.1, -0.05) is 84.0 Å². The van der Waals surface area contributed by atoms with Crippen LogP contribution in [0.5, 0.6) is 0 Å². The standard InChI is InChI=1S/C29H56N2O5/c1-6-9-10-11-12-13-14-15-16-17-18-19-20-22-27(32)31(24-21-23-30(4)5)26(29(34)36-8-3)25-28(33)35-7-2/h26H,6-25H2,1-5H3/t26-/m0/s1. The van der Waals surface area contributed by atoms with Crippen LogP contribution in [0.2, 0.25) is 0 Å². The molecule has 0 aliphatic heterocycles. The number of unbranched alkanes of at least 4 members (excludes halogenated alkanes) is 12. The number of nitrogens with zero attached hydrogens (tertiary/aromatic N) is 2. The molecule has 36 heavy (non-hydrogen) atoms. The first-order chi connectivity index (χ1) is 17.4. The maximum absolute atomic E-state index is 13.2. The average molecular weight is 513 g/mol. The molecule has 0 spiro atoms. The van der Waals surface area contributed by atoms with Crippen molar-refractivity contribution in [2.45, 2.75) is 130 Å². The normalized spacial score (nSPS) is 11.9. The number of hydrogen-bond donors (Lipinski definition) is 0. The van der Waals surface area contributed by atoms with Crippen LogP contribution in [0.4, 0.5) is 0 Å². The highest BCUT2D eigenvalue weighted by Gasteiger charge is 2.33. The molecule has 7 nitrogen and oxygen atoms in total. The average Bonchev–Trinajstić information content (AvgIpc) is 2.83. The predicted octanol–water partition coefficient (Wildman–Crippen LogP) is 6.13. The Labute approximate surface area is 221 Å². The third kappa shape index (κ3) is 18.6. The van der Waals surface area contributed by atoms with E-state index in [0.29, 0.717) is 13.0 Å². The molecule has 0 bridgehead atoms. The summed E-state index contributed by atoms with van der Waals surface area (Å²) in [5.74, 6) is -1.10. The van der Waals surface area contributed by atoms with Gasteiger partial charge in [0.2, 0.25) is 5.91 Å². The summed E-state index contributed by atoms with van der Waals surface area (Å²) in [4.78, 5) is 41.6. The monoisotopic (exact) mass is 512 g/mol. The van der Waals surface area contributed by atoms with Crippen molar-refractivity contribution < 1.29 is 23.9 Å². The molecule has 0 fully saturated rings. The largest absolute Gasteiger partial charge is 0.466 e. The molecule has 0 aliphatic rings. The van der Waals surface area contributed by atoms with Gasteiger partial charge in [-0.25, -0.2) is 4.79 Å². The van der Waals surface area contributed by atoms with Gasteiger partial charge in [0.15, 0.2) is 0 Å². The van der Waals surface area contributed by atoms with E-state index in [-0.39, 0.29) is 25.5 Å². The molecule has 0 rings (SSSR count). The molecule has 1 amide bonds. The second-order valence-electron chi connectivity index (χ2n) is 10.0. The van der Waals surface area contributed by atoms with Gasteiger partial charge in [-0.15, -0.1) is 0 Å². The van der Waals surface area contributed by atoms with Gasteiger partial charge < -0.3 is 19.3 Å². The minimum absolute atomic E-state index is 0.0841. The molecular formula is C29H56N2O5. The molecule has 0 saturated heterocycles. The zero-order valence-electron chi connectivity index (χ0n) is 24.2. The molecular weight excluding hydrogens is 456 g/mol. The second kappa shape index (κ2) is 23.7. The van der Waals surface area contributed by atoms with Gasteiger partial charge in [0.1, 0.15) is 6.04 Å². The number of hydrogen-bond acceptors (Lipinski definition) is 6. The topological polar surface area (TPSA) is 76.2 Å². The maximum atomic E-state index is 13.2.